The predicted molar refractivity (Wildman–Crippen MR) is 59.4 cm³/mol. The van der Waals surface area contributed by atoms with Crippen LogP contribution in [0.1, 0.15) is 5.82 Å². The van der Waals surface area contributed by atoms with E-state index in [0.29, 0.717) is 11.6 Å². The number of pyridine rings is 1. The zero-order chi connectivity index (χ0) is 12.3. The maximum absolute atomic E-state index is 8.98. The van der Waals surface area contributed by atoms with Crippen molar-refractivity contribution in [1.82, 2.24) is 19.7 Å². The van der Waals surface area contributed by atoms with Crippen LogP contribution in [0.15, 0.2) is 24.8 Å². The molecule has 0 atom stereocenters. The summed E-state index contributed by atoms with van der Waals surface area (Å²) >= 11 is 0. The highest BCUT2D eigenvalue weighted by atomic mass is 16.5. The van der Waals surface area contributed by atoms with Crippen molar-refractivity contribution in [1.29, 1.82) is 0 Å². The Kier molecular flexibility index (Phi) is 3.36. The van der Waals surface area contributed by atoms with E-state index in [1.807, 2.05) is 0 Å². The molecule has 0 aliphatic heterocycles. The molecule has 88 valence electrons. The van der Waals surface area contributed by atoms with Crippen molar-refractivity contribution in [2.24, 2.45) is 7.05 Å². The monoisotopic (exact) mass is 234 g/mol. The zero-order valence-electron chi connectivity index (χ0n) is 9.19. The molecule has 0 spiro atoms. The van der Waals surface area contributed by atoms with Crippen LogP contribution in [0.2, 0.25) is 0 Å². The van der Waals surface area contributed by atoms with Crippen molar-refractivity contribution in [3.8, 4) is 5.75 Å². The molecule has 0 saturated heterocycles. The van der Waals surface area contributed by atoms with E-state index >= 15 is 0 Å². The molecule has 7 nitrogen and oxygen atoms in total. The zero-order valence-corrected chi connectivity index (χ0v) is 9.19. The van der Waals surface area contributed by atoms with Crippen molar-refractivity contribution >= 4 is 12.6 Å². The van der Waals surface area contributed by atoms with Gasteiger partial charge in [-0.25, -0.2) is 4.98 Å². The molecule has 0 aliphatic rings. The SMILES string of the molecule is Cn1ncnc1COc1cncc(B(O)O)c1. The molecule has 2 heterocycles. The molecule has 2 rings (SSSR count). The van der Waals surface area contributed by atoms with Crippen LogP contribution < -0.4 is 10.2 Å². The molecule has 2 N–H and O–H groups in total. The smallest absolute Gasteiger partial charge is 0.484 e. The molecule has 0 aromatic carbocycles. The van der Waals surface area contributed by atoms with Gasteiger partial charge in [0, 0.05) is 18.7 Å². The lowest BCUT2D eigenvalue weighted by molar-refractivity contribution is 0.288. The minimum atomic E-state index is -1.55. The highest BCUT2D eigenvalue weighted by Crippen LogP contribution is 2.07. The molecule has 0 bridgehead atoms. The Balaban J connectivity index is 2.04. The summed E-state index contributed by atoms with van der Waals surface area (Å²) in [6, 6.07) is 1.51. The van der Waals surface area contributed by atoms with Crippen LogP contribution in [0, 0.1) is 0 Å². The van der Waals surface area contributed by atoms with E-state index in [0.717, 1.165) is 0 Å². The minimum Gasteiger partial charge on any atom is -0.484 e. The number of rotatable bonds is 4. The van der Waals surface area contributed by atoms with Gasteiger partial charge in [0.1, 0.15) is 18.7 Å². The van der Waals surface area contributed by atoms with E-state index in [1.54, 1.807) is 11.7 Å². The molecule has 2 aromatic rings. The summed E-state index contributed by atoms with van der Waals surface area (Å²) in [6.07, 6.45) is 4.28. The fourth-order valence-electron chi connectivity index (χ4n) is 1.25. The van der Waals surface area contributed by atoms with Gasteiger partial charge in [-0.15, -0.1) is 0 Å². The highest BCUT2D eigenvalue weighted by molar-refractivity contribution is 6.58. The van der Waals surface area contributed by atoms with E-state index in [1.165, 1.54) is 24.8 Å². The van der Waals surface area contributed by atoms with E-state index in [9.17, 15) is 0 Å². The second-order valence-electron chi connectivity index (χ2n) is 3.42. The van der Waals surface area contributed by atoms with Crippen LogP contribution in [-0.4, -0.2) is 36.9 Å². The molecular weight excluding hydrogens is 223 g/mol. The summed E-state index contributed by atoms with van der Waals surface area (Å²) in [6.45, 7) is 0.239. The quantitative estimate of drug-likeness (QED) is 0.623. The predicted octanol–water partition coefficient (Wildman–Crippen LogP) is -1.53. The van der Waals surface area contributed by atoms with Crippen LogP contribution in [0.25, 0.3) is 0 Å². The second-order valence-corrected chi connectivity index (χ2v) is 3.42. The Bertz CT molecular complexity index is 502. The fraction of sp³-hybridized carbons (Fsp3) is 0.222. The largest absolute Gasteiger partial charge is 0.490 e. The third-order valence-corrected chi connectivity index (χ3v) is 2.21. The first-order valence-corrected chi connectivity index (χ1v) is 4.93. The summed E-state index contributed by atoms with van der Waals surface area (Å²) in [5.41, 5.74) is 0.278. The number of nitrogens with zero attached hydrogens (tertiary/aromatic N) is 4. The average Bonchev–Trinajstić information content (AvgIpc) is 2.72. The Labute approximate surface area is 97.9 Å². The first kappa shape index (κ1) is 11.6. The number of aryl methyl sites for hydroxylation is 1. The van der Waals surface area contributed by atoms with Gasteiger partial charge < -0.3 is 14.8 Å². The lowest BCUT2D eigenvalue weighted by Gasteiger charge is -2.06. The maximum atomic E-state index is 8.98. The van der Waals surface area contributed by atoms with Crippen molar-refractivity contribution in [2.75, 3.05) is 0 Å². The van der Waals surface area contributed by atoms with Gasteiger partial charge >= 0.3 is 7.12 Å². The van der Waals surface area contributed by atoms with E-state index in [4.69, 9.17) is 14.8 Å². The molecular formula is C9H11BN4O3. The third-order valence-electron chi connectivity index (χ3n) is 2.21. The van der Waals surface area contributed by atoms with Crippen LogP contribution in [0.4, 0.5) is 0 Å². The first-order valence-electron chi connectivity index (χ1n) is 4.93. The van der Waals surface area contributed by atoms with Crippen LogP contribution in [0.5, 0.6) is 5.75 Å². The molecule has 0 amide bonds. The van der Waals surface area contributed by atoms with Crippen molar-refractivity contribution in [3.63, 3.8) is 0 Å². The van der Waals surface area contributed by atoms with Gasteiger partial charge in [0.05, 0.1) is 6.20 Å². The number of hydrogen-bond donors (Lipinski definition) is 2. The third kappa shape index (κ3) is 2.80. The van der Waals surface area contributed by atoms with Crippen LogP contribution >= 0.6 is 0 Å². The number of ether oxygens (including phenoxy) is 1. The summed E-state index contributed by atoms with van der Waals surface area (Å²) in [7, 11) is 0.207. The van der Waals surface area contributed by atoms with E-state index in [-0.39, 0.29) is 12.1 Å². The molecule has 0 unspecified atom stereocenters. The summed E-state index contributed by atoms with van der Waals surface area (Å²) < 4.78 is 7.01. The Morgan fingerprint density at radius 1 is 1.41 bits per heavy atom. The highest BCUT2D eigenvalue weighted by Gasteiger charge is 2.12. The molecule has 2 aromatic heterocycles. The molecule has 17 heavy (non-hydrogen) atoms. The normalized spacial score (nSPS) is 10.3. The van der Waals surface area contributed by atoms with Crippen molar-refractivity contribution in [2.45, 2.75) is 6.61 Å². The summed E-state index contributed by atoms with van der Waals surface area (Å²) in [5, 5.41) is 21.9. The van der Waals surface area contributed by atoms with Gasteiger partial charge in [0.25, 0.3) is 0 Å². The molecule has 0 aliphatic carbocycles. The van der Waals surface area contributed by atoms with Gasteiger partial charge in [-0.2, -0.15) is 5.10 Å². The summed E-state index contributed by atoms with van der Waals surface area (Å²) in [4.78, 5) is 7.84. The number of hydrogen-bond acceptors (Lipinski definition) is 6. The van der Waals surface area contributed by atoms with Gasteiger partial charge in [-0.05, 0) is 6.07 Å². The molecule has 0 fully saturated rings. The standard InChI is InChI=1S/C9H11BN4O3/c1-14-9(12-6-13-14)5-17-8-2-7(10(15)16)3-11-4-8/h2-4,6,15-16H,5H2,1H3. The van der Waals surface area contributed by atoms with E-state index < -0.39 is 7.12 Å². The van der Waals surface area contributed by atoms with E-state index in [2.05, 4.69) is 15.1 Å². The van der Waals surface area contributed by atoms with Gasteiger partial charge in [0.2, 0.25) is 0 Å². The van der Waals surface area contributed by atoms with Crippen LogP contribution in [0.3, 0.4) is 0 Å². The van der Waals surface area contributed by atoms with Crippen molar-refractivity contribution in [3.05, 3.63) is 30.6 Å². The van der Waals surface area contributed by atoms with Gasteiger partial charge in [-0.1, -0.05) is 0 Å². The Morgan fingerprint density at radius 2 is 2.24 bits per heavy atom. The molecule has 0 saturated carbocycles. The summed E-state index contributed by atoms with van der Waals surface area (Å²) in [5.74, 6) is 1.11. The molecule has 8 heteroatoms. The van der Waals surface area contributed by atoms with Gasteiger partial charge in [-0.3, -0.25) is 9.67 Å². The second kappa shape index (κ2) is 4.94. The lowest BCUT2D eigenvalue weighted by Crippen LogP contribution is -2.30. The topological polar surface area (TPSA) is 93.3 Å². The maximum Gasteiger partial charge on any atom is 0.490 e. The Hall–Kier alpha value is -1.93. The van der Waals surface area contributed by atoms with Crippen LogP contribution in [-0.2, 0) is 13.7 Å². The molecule has 0 radical (unpaired) electrons. The van der Waals surface area contributed by atoms with Crippen molar-refractivity contribution < 1.29 is 14.8 Å². The number of aromatic nitrogens is 4. The Morgan fingerprint density at radius 3 is 2.88 bits per heavy atom. The first-order chi connectivity index (χ1) is 8.16. The minimum absolute atomic E-state index is 0.239. The lowest BCUT2D eigenvalue weighted by atomic mass is 9.82. The van der Waals surface area contributed by atoms with Gasteiger partial charge in [0.15, 0.2) is 5.82 Å². The fourth-order valence-corrected chi connectivity index (χ4v) is 1.25. The average molecular weight is 234 g/mol.